The summed E-state index contributed by atoms with van der Waals surface area (Å²) in [5.41, 5.74) is 0. The molecule has 4 heteroatoms. The summed E-state index contributed by atoms with van der Waals surface area (Å²) in [6.07, 6.45) is 1.33. The normalized spacial score (nSPS) is 24.8. The van der Waals surface area contributed by atoms with Gasteiger partial charge in [0.2, 0.25) is 0 Å². The molecule has 3 atom stereocenters. The average molecular weight is 242 g/mol. The Hall–Kier alpha value is -0.610. The molecule has 1 N–H and O–H groups in total. The summed E-state index contributed by atoms with van der Waals surface area (Å²) < 4.78 is 5.07. The average Bonchev–Trinajstić information content (AvgIpc) is 2.93. The first-order valence-electron chi connectivity index (χ1n) is 6.67. The summed E-state index contributed by atoms with van der Waals surface area (Å²) in [6, 6.07) is -0.195. The van der Waals surface area contributed by atoms with E-state index in [4.69, 9.17) is 4.74 Å². The van der Waals surface area contributed by atoms with Crippen LogP contribution < -0.4 is 5.32 Å². The molecule has 0 amide bonds. The van der Waals surface area contributed by atoms with Crippen molar-refractivity contribution in [3.05, 3.63) is 0 Å². The van der Waals surface area contributed by atoms with Gasteiger partial charge in [-0.3, -0.25) is 4.79 Å². The Labute approximate surface area is 105 Å². The Balaban J connectivity index is 2.33. The molecular weight excluding hydrogens is 216 g/mol. The summed E-state index contributed by atoms with van der Waals surface area (Å²) in [5.74, 6) is 1.55. The Morgan fingerprint density at radius 1 is 1.53 bits per heavy atom. The fourth-order valence-electron chi connectivity index (χ4n) is 2.15. The van der Waals surface area contributed by atoms with Gasteiger partial charge in [0.25, 0.3) is 0 Å². The molecule has 1 rings (SSSR count). The lowest BCUT2D eigenvalue weighted by atomic mass is 10.2. The van der Waals surface area contributed by atoms with Crippen molar-refractivity contribution < 1.29 is 9.53 Å². The van der Waals surface area contributed by atoms with E-state index < -0.39 is 0 Å². The molecule has 100 valence electrons. The Bertz CT molecular complexity index is 246. The number of ether oxygens (including phenoxy) is 1. The molecular formula is C13H26N2O2. The van der Waals surface area contributed by atoms with Gasteiger partial charge in [0.15, 0.2) is 0 Å². The molecule has 0 aromatic carbocycles. The fraction of sp³-hybridized carbons (Fsp3) is 0.923. The predicted molar refractivity (Wildman–Crippen MR) is 68.9 cm³/mol. The van der Waals surface area contributed by atoms with E-state index in [1.165, 1.54) is 6.42 Å². The lowest BCUT2D eigenvalue weighted by molar-refractivity contribution is -0.146. The molecule has 0 heterocycles. The molecule has 1 aliphatic rings. The van der Waals surface area contributed by atoms with Gasteiger partial charge in [-0.15, -0.1) is 0 Å². The zero-order chi connectivity index (χ0) is 12.8. The first kappa shape index (κ1) is 14.5. The minimum Gasteiger partial charge on any atom is -0.465 e. The molecule has 1 saturated carbocycles. The van der Waals surface area contributed by atoms with Crippen molar-refractivity contribution in [3.8, 4) is 0 Å². The lowest BCUT2D eigenvalue weighted by Gasteiger charge is -2.23. The molecule has 0 saturated heterocycles. The smallest absolute Gasteiger partial charge is 0.324 e. The maximum atomic E-state index is 11.7. The van der Waals surface area contributed by atoms with Gasteiger partial charge in [0.05, 0.1) is 6.61 Å². The minimum atomic E-state index is -0.195. The van der Waals surface area contributed by atoms with Crippen LogP contribution in [-0.2, 0) is 9.53 Å². The van der Waals surface area contributed by atoms with E-state index in [9.17, 15) is 4.79 Å². The molecule has 0 bridgehead atoms. The highest BCUT2D eigenvalue weighted by atomic mass is 16.5. The number of carbonyl (C=O) groups excluding carboxylic acids is 1. The second-order valence-electron chi connectivity index (χ2n) is 5.06. The Morgan fingerprint density at radius 2 is 2.18 bits per heavy atom. The number of hydrogen-bond donors (Lipinski definition) is 1. The van der Waals surface area contributed by atoms with Gasteiger partial charge in [0, 0.05) is 13.1 Å². The second-order valence-corrected chi connectivity index (χ2v) is 5.06. The van der Waals surface area contributed by atoms with Crippen LogP contribution in [0.15, 0.2) is 0 Å². The van der Waals surface area contributed by atoms with Crippen LogP contribution in [0, 0.1) is 11.8 Å². The molecule has 0 aromatic heterocycles. The van der Waals surface area contributed by atoms with Crippen molar-refractivity contribution >= 4 is 5.97 Å². The van der Waals surface area contributed by atoms with Crippen molar-refractivity contribution in [1.29, 1.82) is 0 Å². The zero-order valence-corrected chi connectivity index (χ0v) is 11.5. The summed E-state index contributed by atoms with van der Waals surface area (Å²) in [4.78, 5) is 14.0. The van der Waals surface area contributed by atoms with E-state index in [-0.39, 0.29) is 12.0 Å². The fourth-order valence-corrected chi connectivity index (χ4v) is 2.15. The molecule has 0 spiro atoms. The molecule has 0 radical (unpaired) electrons. The van der Waals surface area contributed by atoms with E-state index >= 15 is 0 Å². The first-order valence-corrected chi connectivity index (χ1v) is 6.67. The number of rotatable bonds is 8. The van der Waals surface area contributed by atoms with Crippen molar-refractivity contribution in [1.82, 2.24) is 10.2 Å². The third kappa shape index (κ3) is 5.04. The molecule has 4 nitrogen and oxygen atoms in total. The standard InChI is InChI=1S/C13H26N2O2/c1-5-14-12(13(16)17-6-2)9-15(4)8-11-7-10(11)3/h10-12,14H,5-9H2,1-4H3. The largest absolute Gasteiger partial charge is 0.465 e. The van der Waals surface area contributed by atoms with Gasteiger partial charge in [0.1, 0.15) is 6.04 Å². The van der Waals surface area contributed by atoms with Gasteiger partial charge in [-0.1, -0.05) is 13.8 Å². The van der Waals surface area contributed by atoms with Gasteiger partial charge >= 0.3 is 5.97 Å². The van der Waals surface area contributed by atoms with Crippen LogP contribution in [0.1, 0.15) is 27.2 Å². The molecule has 3 unspecified atom stereocenters. The third-order valence-corrected chi connectivity index (χ3v) is 3.34. The van der Waals surface area contributed by atoms with E-state index in [1.54, 1.807) is 0 Å². The molecule has 1 fully saturated rings. The van der Waals surface area contributed by atoms with Gasteiger partial charge in [-0.05, 0) is 38.8 Å². The molecule has 0 aromatic rings. The molecule has 0 aliphatic heterocycles. The summed E-state index contributed by atoms with van der Waals surface area (Å²) in [6.45, 7) is 9.19. The van der Waals surface area contributed by atoms with Crippen LogP contribution in [0.5, 0.6) is 0 Å². The number of esters is 1. The second kappa shape index (κ2) is 6.97. The van der Waals surface area contributed by atoms with Crippen molar-refractivity contribution in [2.45, 2.75) is 33.2 Å². The first-order chi connectivity index (χ1) is 8.08. The van der Waals surface area contributed by atoms with Gasteiger partial charge in [-0.25, -0.2) is 0 Å². The highest BCUT2D eigenvalue weighted by molar-refractivity contribution is 5.76. The topological polar surface area (TPSA) is 41.6 Å². The molecule has 17 heavy (non-hydrogen) atoms. The van der Waals surface area contributed by atoms with Crippen LogP contribution in [0.3, 0.4) is 0 Å². The third-order valence-electron chi connectivity index (χ3n) is 3.34. The van der Waals surface area contributed by atoms with Crippen molar-refractivity contribution in [2.24, 2.45) is 11.8 Å². The zero-order valence-electron chi connectivity index (χ0n) is 11.5. The highest BCUT2D eigenvalue weighted by Gasteiger charge is 2.33. The van der Waals surface area contributed by atoms with Gasteiger partial charge < -0.3 is 15.0 Å². The maximum Gasteiger partial charge on any atom is 0.324 e. The van der Waals surface area contributed by atoms with Gasteiger partial charge in [-0.2, -0.15) is 0 Å². The van der Waals surface area contributed by atoms with Crippen LogP contribution in [0.25, 0.3) is 0 Å². The quantitative estimate of drug-likeness (QED) is 0.648. The van der Waals surface area contributed by atoms with Crippen LogP contribution >= 0.6 is 0 Å². The summed E-state index contributed by atoms with van der Waals surface area (Å²) in [5, 5.41) is 3.19. The number of hydrogen-bond acceptors (Lipinski definition) is 4. The van der Waals surface area contributed by atoms with E-state index in [2.05, 4.69) is 24.2 Å². The summed E-state index contributed by atoms with van der Waals surface area (Å²) in [7, 11) is 2.08. The Morgan fingerprint density at radius 3 is 2.65 bits per heavy atom. The minimum absolute atomic E-state index is 0.134. The number of nitrogens with one attached hydrogen (secondary N) is 1. The van der Waals surface area contributed by atoms with Crippen molar-refractivity contribution in [2.75, 3.05) is 33.3 Å². The lowest BCUT2D eigenvalue weighted by Crippen LogP contribution is -2.46. The van der Waals surface area contributed by atoms with E-state index in [0.717, 1.165) is 31.5 Å². The van der Waals surface area contributed by atoms with E-state index in [1.807, 2.05) is 13.8 Å². The Kier molecular flexibility index (Phi) is 5.92. The number of carbonyl (C=O) groups is 1. The number of nitrogens with zero attached hydrogens (tertiary/aromatic N) is 1. The summed E-state index contributed by atoms with van der Waals surface area (Å²) >= 11 is 0. The van der Waals surface area contributed by atoms with Crippen LogP contribution in [-0.4, -0.2) is 50.2 Å². The van der Waals surface area contributed by atoms with Crippen LogP contribution in [0.4, 0.5) is 0 Å². The van der Waals surface area contributed by atoms with Crippen LogP contribution in [0.2, 0.25) is 0 Å². The number of likely N-dealkylation sites (N-methyl/N-ethyl adjacent to an activating group) is 2. The highest BCUT2D eigenvalue weighted by Crippen LogP contribution is 2.37. The van der Waals surface area contributed by atoms with E-state index in [0.29, 0.717) is 6.61 Å². The van der Waals surface area contributed by atoms with Crippen molar-refractivity contribution in [3.63, 3.8) is 0 Å². The molecule has 1 aliphatic carbocycles. The monoisotopic (exact) mass is 242 g/mol. The SMILES string of the molecule is CCNC(CN(C)CC1CC1C)C(=O)OCC. The maximum absolute atomic E-state index is 11.7. The predicted octanol–water partition coefficient (Wildman–Crippen LogP) is 1.12.